The van der Waals surface area contributed by atoms with E-state index in [0.29, 0.717) is 23.4 Å². The van der Waals surface area contributed by atoms with Crippen LogP contribution in [-0.2, 0) is 6.42 Å². The molecule has 0 aliphatic carbocycles. The largest absolute Gasteiger partial charge is 0.391 e. The highest BCUT2D eigenvalue weighted by atomic mass is 79.9. The Morgan fingerprint density at radius 1 is 1.35 bits per heavy atom. The van der Waals surface area contributed by atoms with E-state index in [4.69, 9.17) is 0 Å². The van der Waals surface area contributed by atoms with Crippen molar-refractivity contribution in [3.8, 4) is 0 Å². The molecule has 2 nitrogen and oxygen atoms in total. The predicted octanol–water partition coefficient (Wildman–Crippen LogP) is 2.74. The zero-order chi connectivity index (χ0) is 12.8. The van der Waals surface area contributed by atoms with E-state index >= 15 is 0 Å². The maximum absolute atomic E-state index is 13.2. The van der Waals surface area contributed by atoms with Gasteiger partial charge in [-0.3, -0.25) is 0 Å². The molecule has 0 saturated carbocycles. The van der Waals surface area contributed by atoms with Gasteiger partial charge in [0.05, 0.1) is 10.6 Å². The lowest BCUT2D eigenvalue weighted by molar-refractivity contribution is 0.170. The van der Waals surface area contributed by atoms with Crippen molar-refractivity contribution >= 4 is 15.9 Å². The summed E-state index contributed by atoms with van der Waals surface area (Å²) in [6, 6.07) is 4.87. The molecule has 0 aliphatic heterocycles. The number of halogens is 2. The van der Waals surface area contributed by atoms with Crippen LogP contribution in [-0.4, -0.2) is 24.3 Å². The number of benzene rings is 1. The lowest BCUT2D eigenvalue weighted by Gasteiger charge is -2.14. The minimum Gasteiger partial charge on any atom is -0.391 e. The monoisotopic (exact) mass is 303 g/mol. The fourth-order valence-corrected chi connectivity index (χ4v) is 2.00. The molecule has 0 heterocycles. The van der Waals surface area contributed by atoms with E-state index in [1.54, 1.807) is 6.07 Å². The Bertz CT molecular complexity index is 357. The van der Waals surface area contributed by atoms with Crippen LogP contribution in [0.25, 0.3) is 0 Å². The van der Waals surface area contributed by atoms with Gasteiger partial charge < -0.3 is 10.4 Å². The predicted molar refractivity (Wildman–Crippen MR) is 71.5 cm³/mol. The molecule has 1 atom stereocenters. The number of aliphatic hydroxyl groups excluding tert-OH is 1. The van der Waals surface area contributed by atoms with Crippen LogP contribution in [0.3, 0.4) is 0 Å². The molecule has 0 bridgehead atoms. The number of hydrogen-bond donors (Lipinski definition) is 2. The average molecular weight is 304 g/mol. The molecule has 96 valence electrons. The summed E-state index contributed by atoms with van der Waals surface area (Å²) in [5.41, 5.74) is 0.795. The third kappa shape index (κ3) is 5.15. The SMILES string of the molecule is CC(C)CNCC(O)Cc1cccc(F)c1Br. The Morgan fingerprint density at radius 3 is 2.71 bits per heavy atom. The standard InChI is InChI=1S/C13H19BrFNO/c1-9(2)7-16-8-11(17)6-10-4-3-5-12(15)13(10)14/h3-5,9,11,16-17H,6-8H2,1-2H3. The first-order valence-corrected chi connectivity index (χ1v) is 6.61. The molecule has 17 heavy (non-hydrogen) atoms. The molecular formula is C13H19BrFNO. The van der Waals surface area contributed by atoms with E-state index < -0.39 is 6.10 Å². The van der Waals surface area contributed by atoms with Crippen LogP contribution in [0.2, 0.25) is 0 Å². The van der Waals surface area contributed by atoms with Crippen molar-refractivity contribution in [1.29, 1.82) is 0 Å². The second-order valence-electron chi connectivity index (χ2n) is 4.62. The number of nitrogens with one attached hydrogen (secondary N) is 1. The van der Waals surface area contributed by atoms with Crippen LogP contribution in [0, 0.1) is 11.7 Å². The Morgan fingerprint density at radius 2 is 2.06 bits per heavy atom. The molecule has 0 spiro atoms. The van der Waals surface area contributed by atoms with Crippen LogP contribution in [0.4, 0.5) is 4.39 Å². The molecule has 1 rings (SSSR count). The van der Waals surface area contributed by atoms with Crippen LogP contribution in [0.15, 0.2) is 22.7 Å². The van der Waals surface area contributed by atoms with Gasteiger partial charge in [0.15, 0.2) is 0 Å². The molecule has 1 unspecified atom stereocenters. The van der Waals surface area contributed by atoms with Crippen molar-refractivity contribution in [2.75, 3.05) is 13.1 Å². The molecule has 0 aliphatic rings. The summed E-state index contributed by atoms with van der Waals surface area (Å²) < 4.78 is 13.7. The summed E-state index contributed by atoms with van der Waals surface area (Å²) in [7, 11) is 0. The quantitative estimate of drug-likeness (QED) is 0.847. The number of aliphatic hydroxyl groups is 1. The Labute approximate surface area is 110 Å². The van der Waals surface area contributed by atoms with Gasteiger partial charge in [-0.15, -0.1) is 0 Å². The zero-order valence-electron chi connectivity index (χ0n) is 10.2. The van der Waals surface area contributed by atoms with Gasteiger partial charge in [0.2, 0.25) is 0 Å². The Balaban J connectivity index is 2.45. The van der Waals surface area contributed by atoms with Crippen molar-refractivity contribution in [1.82, 2.24) is 5.32 Å². The van der Waals surface area contributed by atoms with E-state index in [2.05, 4.69) is 35.1 Å². The molecule has 0 saturated heterocycles. The van der Waals surface area contributed by atoms with Crippen molar-refractivity contribution in [3.05, 3.63) is 34.1 Å². The van der Waals surface area contributed by atoms with Crippen molar-refractivity contribution in [2.24, 2.45) is 5.92 Å². The van der Waals surface area contributed by atoms with Gasteiger partial charge in [0, 0.05) is 13.0 Å². The van der Waals surface area contributed by atoms with Crippen molar-refractivity contribution < 1.29 is 9.50 Å². The van der Waals surface area contributed by atoms with Crippen LogP contribution >= 0.6 is 15.9 Å². The molecule has 0 fully saturated rings. The Kier molecular flexibility index (Phi) is 6.09. The average Bonchev–Trinajstić information content (AvgIpc) is 2.24. The van der Waals surface area contributed by atoms with Crippen LogP contribution in [0.1, 0.15) is 19.4 Å². The third-order valence-electron chi connectivity index (χ3n) is 2.42. The van der Waals surface area contributed by atoms with Gasteiger partial charge in [0.25, 0.3) is 0 Å². The fraction of sp³-hybridized carbons (Fsp3) is 0.538. The van der Waals surface area contributed by atoms with Gasteiger partial charge in [-0.1, -0.05) is 26.0 Å². The van der Waals surface area contributed by atoms with Crippen LogP contribution < -0.4 is 5.32 Å². The minimum absolute atomic E-state index is 0.287. The second kappa shape index (κ2) is 7.09. The summed E-state index contributed by atoms with van der Waals surface area (Å²) in [5.74, 6) is 0.271. The summed E-state index contributed by atoms with van der Waals surface area (Å²) in [5, 5.41) is 13.0. The molecule has 0 amide bonds. The smallest absolute Gasteiger partial charge is 0.137 e. The number of hydrogen-bond acceptors (Lipinski definition) is 2. The van der Waals surface area contributed by atoms with Gasteiger partial charge >= 0.3 is 0 Å². The summed E-state index contributed by atoms with van der Waals surface area (Å²) >= 11 is 3.19. The highest BCUT2D eigenvalue weighted by Gasteiger charge is 2.10. The van der Waals surface area contributed by atoms with E-state index in [-0.39, 0.29) is 5.82 Å². The second-order valence-corrected chi connectivity index (χ2v) is 5.42. The first-order valence-electron chi connectivity index (χ1n) is 5.82. The molecular weight excluding hydrogens is 285 g/mol. The summed E-state index contributed by atoms with van der Waals surface area (Å²) in [6.45, 7) is 5.63. The van der Waals surface area contributed by atoms with Crippen molar-refractivity contribution in [2.45, 2.75) is 26.4 Å². The fourth-order valence-electron chi connectivity index (χ4n) is 1.57. The highest BCUT2D eigenvalue weighted by molar-refractivity contribution is 9.10. The van der Waals surface area contributed by atoms with E-state index in [1.165, 1.54) is 6.07 Å². The van der Waals surface area contributed by atoms with Crippen molar-refractivity contribution in [3.63, 3.8) is 0 Å². The topological polar surface area (TPSA) is 32.3 Å². The lowest BCUT2D eigenvalue weighted by atomic mass is 10.1. The normalized spacial score (nSPS) is 13.1. The molecule has 0 aromatic heterocycles. The maximum atomic E-state index is 13.2. The third-order valence-corrected chi connectivity index (χ3v) is 3.31. The molecule has 4 heteroatoms. The Hall–Kier alpha value is -0.450. The molecule has 2 N–H and O–H groups in total. The van der Waals surface area contributed by atoms with E-state index in [0.717, 1.165) is 12.1 Å². The van der Waals surface area contributed by atoms with E-state index in [1.807, 2.05) is 6.07 Å². The van der Waals surface area contributed by atoms with Gasteiger partial charge in [-0.25, -0.2) is 4.39 Å². The highest BCUT2D eigenvalue weighted by Crippen LogP contribution is 2.21. The zero-order valence-corrected chi connectivity index (χ0v) is 11.8. The van der Waals surface area contributed by atoms with Crippen LogP contribution in [0.5, 0.6) is 0 Å². The summed E-state index contributed by atoms with van der Waals surface area (Å²) in [4.78, 5) is 0. The maximum Gasteiger partial charge on any atom is 0.137 e. The van der Waals surface area contributed by atoms with Gasteiger partial charge in [0.1, 0.15) is 5.82 Å². The first kappa shape index (κ1) is 14.6. The first-order chi connectivity index (χ1) is 8.00. The summed E-state index contributed by atoms with van der Waals surface area (Å²) in [6.07, 6.45) is -0.0458. The molecule has 1 aromatic carbocycles. The lowest BCUT2D eigenvalue weighted by Crippen LogP contribution is -2.31. The van der Waals surface area contributed by atoms with Gasteiger partial charge in [-0.2, -0.15) is 0 Å². The van der Waals surface area contributed by atoms with Gasteiger partial charge in [-0.05, 0) is 40.0 Å². The minimum atomic E-state index is -0.494. The number of rotatable bonds is 6. The molecule has 0 radical (unpaired) electrons. The van der Waals surface area contributed by atoms with E-state index in [9.17, 15) is 9.50 Å². The molecule has 1 aromatic rings.